The molecular weight excluding hydrogens is 366 g/mol. The molecule has 0 aliphatic carbocycles. The van der Waals surface area contributed by atoms with E-state index in [0.717, 1.165) is 11.1 Å². The quantitative estimate of drug-likeness (QED) is 0.580. The highest BCUT2D eigenvalue weighted by molar-refractivity contribution is 6.35. The van der Waals surface area contributed by atoms with Gasteiger partial charge in [0.25, 0.3) is 5.56 Å². The predicted octanol–water partition coefficient (Wildman–Crippen LogP) is 4.05. The van der Waals surface area contributed by atoms with Gasteiger partial charge < -0.3 is 9.73 Å². The van der Waals surface area contributed by atoms with E-state index in [2.05, 4.69) is 10.3 Å². The van der Waals surface area contributed by atoms with E-state index >= 15 is 0 Å². The van der Waals surface area contributed by atoms with E-state index < -0.39 is 0 Å². The molecule has 2 aromatic carbocycles. The number of aromatic nitrogens is 2. The number of nitrogens with one attached hydrogen (secondary N) is 1. The number of anilines is 1. The van der Waals surface area contributed by atoms with E-state index in [-0.39, 0.29) is 18.0 Å². The fourth-order valence-corrected chi connectivity index (χ4v) is 3.39. The van der Waals surface area contributed by atoms with Crippen LogP contribution in [0.3, 0.4) is 0 Å². The van der Waals surface area contributed by atoms with Gasteiger partial charge in [-0.25, -0.2) is 4.98 Å². The third-order valence-electron chi connectivity index (χ3n) is 4.33. The van der Waals surface area contributed by atoms with Gasteiger partial charge in [-0.05, 0) is 44.2 Å². The Kier molecular flexibility index (Phi) is 4.20. The summed E-state index contributed by atoms with van der Waals surface area (Å²) in [5, 5.41) is 4.48. The number of halogens is 1. The predicted molar refractivity (Wildman–Crippen MR) is 105 cm³/mol. The lowest BCUT2D eigenvalue weighted by atomic mass is 10.2. The molecule has 0 spiro atoms. The third kappa shape index (κ3) is 3.19. The molecule has 0 atom stereocenters. The lowest BCUT2D eigenvalue weighted by molar-refractivity contribution is -0.116. The molecule has 0 saturated heterocycles. The maximum atomic E-state index is 12.7. The van der Waals surface area contributed by atoms with E-state index in [4.69, 9.17) is 16.0 Å². The maximum absolute atomic E-state index is 12.7. The first-order valence-corrected chi connectivity index (χ1v) is 8.76. The normalized spacial score (nSPS) is 11.2. The van der Waals surface area contributed by atoms with Crippen molar-refractivity contribution in [1.29, 1.82) is 0 Å². The number of furan rings is 1. The highest BCUT2D eigenvalue weighted by Gasteiger charge is 2.13. The number of carbonyl (C=O) groups excluding carboxylic acids is 1. The largest absolute Gasteiger partial charge is 0.460 e. The molecule has 1 N–H and O–H groups in total. The van der Waals surface area contributed by atoms with Gasteiger partial charge in [-0.1, -0.05) is 23.7 Å². The Morgan fingerprint density at radius 3 is 2.81 bits per heavy atom. The molecule has 2 heterocycles. The number of para-hydroxylation sites is 1. The van der Waals surface area contributed by atoms with Crippen molar-refractivity contribution in [2.75, 3.05) is 5.32 Å². The molecule has 0 radical (unpaired) electrons. The molecule has 0 aliphatic heterocycles. The monoisotopic (exact) mass is 381 g/mol. The van der Waals surface area contributed by atoms with Gasteiger partial charge in [-0.3, -0.25) is 14.2 Å². The van der Waals surface area contributed by atoms with Crippen LogP contribution in [-0.4, -0.2) is 15.5 Å². The standard InChI is InChI=1S/C20H16ClN3O3/c1-11-7-13-8-14(9-16(21)19(13)27-11)23-18(25)10-24-12(2)22-17-6-4-3-5-15(17)20(24)26/h3-9H,10H2,1-2H3,(H,23,25). The van der Waals surface area contributed by atoms with Gasteiger partial charge in [-0.2, -0.15) is 0 Å². The zero-order valence-corrected chi connectivity index (χ0v) is 15.5. The van der Waals surface area contributed by atoms with Crippen LogP contribution in [0, 0.1) is 13.8 Å². The van der Waals surface area contributed by atoms with Crippen molar-refractivity contribution in [2.24, 2.45) is 0 Å². The molecule has 7 heteroatoms. The molecule has 1 amide bonds. The summed E-state index contributed by atoms with van der Waals surface area (Å²) in [7, 11) is 0. The first kappa shape index (κ1) is 17.3. The summed E-state index contributed by atoms with van der Waals surface area (Å²) in [5.41, 5.74) is 1.49. The number of rotatable bonds is 3. The van der Waals surface area contributed by atoms with Crippen molar-refractivity contribution < 1.29 is 9.21 Å². The summed E-state index contributed by atoms with van der Waals surface area (Å²) in [6.07, 6.45) is 0. The van der Waals surface area contributed by atoms with Crippen molar-refractivity contribution in [3.63, 3.8) is 0 Å². The average Bonchev–Trinajstić information content (AvgIpc) is 2.99. The van der Waals surface area contributed by atoms with E-state index in [1.54, 1.807) is 37.3 Å². The van der Waals surface area contributed by atoms with E-state index in [9.17, 15) is 9.59 Å². The van der Waals surface area contributed by atoms with Crippen molar-refractivity contribution in [1.82, 2.24) is 9.55 Å². The summed E-state index contributed by atoms with van der Waals surface area (Å²) in [5.74, 6) is 0.875. The van der Waals surface area contributed by atoms with Crippen LogP contribution in [0.4, 0.5) is 5.69 Å². The fourth-order valence-electron chi connectivity index (χ4n) is 3.12. The Morgan fingerprint density at radius 2 is 2.00 bits per heavy atom. The van der Waals surface area contributed by atoms with Crippen molar-refractivity contribution in [3.05, 3.63) is 69.4 Å². The molecule has 6 nitrogen and oxygen atoms in total. The smallest absolute Gasteiger partial charge is 0.261 e. The number of hydrogen-bond acceptors (Lipinski definition) is 4. The van der Waals surface area contributed by atoms with E-state index in [0.29, 0.717) is 33.0 Å². The number of hydrogen-bond donors (Lipinski definition) is 1. The number of nitrogens with zero attached hydrogens (tertiary/aromatic N) is 2. The van der Waals surface area contributed by atoms with Crippen LogP contribution in [0.1, 0.15) is 11.6 Å². The second-order valence-corrected chi connectivity index (χ2v) is 6.76. The number of fused-ring (bicyclic) bond motifs is 2. The van der Waals surface area contributed by atoms with Gasteiger partial charge in [0.05, 0.1) is 15.9 Å². The van der Waals surface area contributed by atoms with Gasteiger partial charge in [0.1, 0.15) is 18.1 Å². The zero-order chi connectivity index (χ0) is 19.1. The Bertz CT molecular complexity index is 1260. The lowest BCUT2D eigenvalue weighted by Gasteiger charge is -2.11. The maximum Gasteiger partial charge on any atom is 0.261 e. The molecule has 27 heavy (non-hydrogen) atoms. The summed E-state index contributed by atoms with van der Waals surface area (Å²) in [6, 6.07) is 12.3. The summed E-state index contributed by atoms with van der Waals surface area (Å²) >= 11 is 6.22. The molecule has 136 valence electrons. The van der Waals surface area contributed by atoms with Crippen molar-refractivity contribution >= 4 is 45.1 Å². The Morgan fingerprint density at radius 1 is 1.22 bits per heavy atom. The molecule has 0 fully saturated rings. The van der Waals surface area contributed by atoms with Gasteiger partial charge in [0, 0.05) is 11.1 Å². The average molecular weight is 382 g/mol. The summed E-state index contributed by atoms with van der Waals surface area (Å²) in [4.78, 5) is 29.6. The zero-order valence-electron chi connectivity index (χ0n) is 14.7. The van der Waals surface area contributed by atoms with Crippen molar-refractivity contribution in [2.45, 2.75) is 20.4 Å². The van der Waals surface area contributed by atoms with Crippen LogP contribution >= 0.6 is 11.6 Å². The highest BCUT2D eigenvalue weighted by Crippen LogP contribution is 2.30. The summed E-state index contributed by atoms with van der Waals surface area (Å²) in [6.45, 7) is 3.40. The number of benzene rings is 2. The van der Waals surface area contributed by atoms with Gasteiger partial charge >= 0.3 is 0 Å². The van der Waals surface area contributed by atoms with Crippen LogP contribution in [0.15, 0.2) is 51.7 Å². The SMILES string of the molecule is Cc1cc2cc(NC(=O)Cn3c(C)nc4ccccc4c3=O)cc(Cl)c2o1. The van der Waals surface area contributed by atoms with Gasteiger partial charge in [0.2, 0.25) is 5.91 Å². The second-order valence-electron chi connectivity index (χ2n) is 6.35. The van der Waals surface area contributed by atoms with Gasteiger partial charge in [0.15, 0.2) is 5.58 Å². The van der Waals surface area contributed by atoms with Crippen LogP contribution < -0.4 is 10.9 Å². The minimum atomic E-state index is -0.340. The number of carbonyl (C=O) groups is 1. The summed E-state index contributed by atoms with van der Waals surface area (Å²) < 4.78 is 6.89. The van der Waals surface area contributed by atoms with Gasteiger partial charge in [-0.15, -0.1) is 0 Å². The van der Waals surface area contributed by atoms with E-state index in [1.165, 1.54) is 4.57 Å². The molecule has 0 bridgehead atoms. The van der Waals surface area contributed by atoms with Crippen molar-refractivity contribution in [3.8, 4) is 0 Å². The molecule has 2 aromatic heterocycles. The lowest BCUT2D eigenvalue weighted by Crippen LogP contribution is -2.30. The highest BCUT2D eigenvalue weighted by atomic mass is 35.5. The fraction of sp³-hybridized carbons (Fsp3) is 0.150. The topological polar surface area (TPSA) is 77.1 Å². The molecule has 4 aromatic rings. The van der Waals surface area contributed by atoms with Crippen LogP contribution in [0.5, 0.6) is 0 Å². The molecule has 4 rings (SSSR count). The second kappa shape index (κ2) is 6.55. The molecule has 0 unspecified atom stereocenters. The van der Waals surface area contributed by atoms with Crippen LogP contribution in [0.25, 0.3) is 21.9 Å². The number of amides is 1. The molecule has 0 aliphatic rings. The Balaban J connectivity index is 1.63. The minimum absolute atomic E-state index is 0.136. The van der Waals surface area contributed by atoms with Crippen LogP contribution in [-0.2, 0) is 11.3 Å². The first-order chi connectivity index (χ1) is 12.9. The third-order valence-corrected chi connectivity index (χ3v) is 4.61. The Labute approximate surface area is 159 Å². The first-order valence-electron chi connectivity index (χ1n) is 8.38. The molecule has 0 saturated carbocycles. The minimum Gasteiger partial charge on any atom is -0.460 e. The number of aryl methyl sites for hydroxylation is 2. The van der Waals surface area contributed by atoms with E-state index in [1.807, 2.05) is 19.1 Å². The molecular formula is C20H16ClN3O3. The Hall–Kier alpha value is -3.12. The van der Waals surface area contributed by atoms with Crippen LogP contribution in [0.2, 0.25) is 5.02 Å².